The number of fused-ring (bicyclic) bond motifs is 1. The Morgan fingerprint density at radius 3 is 2.73 bits per heavy atom. The monoisotopic (exact) mass is 299 g/mol. The minimum Gasteiger partial charge on any atom is -0.464 e. The maximum Gasteiger partial charge on any atom is 0.291 e. The van der Waals surface area contributed by atoms with Crippen molar-refractivity contribution in [3.8, 4) is 0 Å². The maximum atomic E-state index is 12.3. The SMILES string of the molecule is Cc1cc(C)n2nc(C(=O)NC(C)c3ccc(C)o3)nc2n1. The molecule has 1 amide bonds. The van der Waals surface area contributed by atoms with Crippen LogP contribution < -0.4 is 5.32 Å². The van der Waals surface area contributed by atoms with Gasteiger partial charge in [0.05, 0.1) is 6.04 Å². The van der Waals surface area contributed by atoms with Crippen LogP contribution in [0.1, 0.15) is 46.5 Å². The highest BCUT2D eigenvalue weighted by molar-refractivity contribution is 5.91. The number of rotatable bonds is 3. The van der Waals surface area contributed by atoms with E-state index in [4.69, 9.17) is 4.42 Å². The molecule has 0 saturated carbocycles. The maximum absolute atomic E-state index is 12.3. The summed E-state index contributed by atoms with van der Waals surface area (Å²) in [4.78, 5) is 20.7. The first-order valence-corrected chi connectivity index (χ1v) is 7.02. The Balaban J connectivity index is 1.84. The molecule has 3 aromatic heterocycles. The van der Waals surface area contributed by atoms with Gasteiger partial charge >= 0.3 is 0 Å². The number of carbonyl (C=O) groups excluding carboxylic acids is 1. The number of nitrogens with one attached hydrogen (secondary N) is 1. The molecule has 3 aromatic rings. The lowest BCUT2D eigenvalue weighted by atomic mass is 10.2. The van der Waals surface area contributed by atoms with Crippen LogP contribution in [0.25, 0.3) is 5.78 Å². The number of aromatic nitrogens is 4. The zero-order valence-electron chi connectivity index (χ0n) is 12.9. The quantitative estimate of drug-likeness (QED) is 0.800. The smallest absolute Gasteiger partial charge is 0.291 e. The molecular formula is C15H17N5O2. The molecule has 0 bridgehead atoms. The fourth-order valence-corrected chi connectivity index (χ4v) is 2.28. The molecule has 0 spiro atoms. The third kappa shape index (κ3) is 2.57. The lowest BCUT2D eigenvalue weighted by Gasteiger charge is -2.09. The van der Waals surface area contributed by atoms with E-state index in [0.29, 0.717) is 11.5 Å². The molecule has 114 valence electrons. The summed E-state index contributed by atoms with van der Waals surface area (Å²) in [5, 5.41) is 7.03. The summed E-state index contributed by atoms with van der Waals surface area (Å²) >= 11 is 0. The summed E-state index contributed by atoms with van der Waals surface area (Å²) in [7, 11) is 0. The van der Waals surface area contributed by atoms with Crippen molar-refractivity contribution in [1.82, 2.24) is 24.9 Å². The average molecular weight is 299 g/mol. The van der Waals surface area contributed by atoms with Crippen molar-refractivity contribution < 1.29 is 9.21 Å². The van der Waals surface area contributed by atoms with E-state index < -0.39 is 0 Å². The summed E-state index contributed by atoms with van der Waals surface area (Å²) in [5.74, 6) is 1.65. The summed E-state index contributed by atoms with van der Waals surface area (Å²) < 4.78 is 7.06. The minimum absolute atomic E-state index is 0.0938. The number of hydrogen-bond donors (Lipinski definition) is 1. The van der Waals surface area contributed by atoms with Crippen LogP contribution in [0.3, 0.4) is 0 Å². The molecule has 7 nitrogen and oxygen atoms in total. The first kappa shape index (κ1) is 14.2. The molecule has 1 atom stereocenters. The van der Waals surface area contributed by atoms with Crippen LogP contribution in [0.15, 0.2) is 22.6 Å². The Labute approximate surface area is 127 Å². The predicted octanol–water partition coefficient (Wildman–Crippen LogP) is 2.13. The van der Waals surface area contributed by atoms with E-state index in [1.165, 1.54) is 0 Å². The van der Waals surface area contributed by atoms with Crippen LogP contribution >= 0.6 is 0 Å². The number of furan rings is 1. The first-order chi connectivity index (χ1) is 10.4. The molecular weight excluding hydrogens is 282 g/mol. The standard InChI is InChI=1S/C15H17N5O2/c1-8-7-9(2)20-15(16-8)18-13(19-20)14(21)17-11(4)12-6-5-10(3)22-12/h5-7,11H,1-4H3,(H,17,21). The second kappa shape index (κ2) is 5.25. The Morgan fingerprint density at radius 1 is 1.27 bits per heavy atom. The topological polar surface area (TPSA) is 85.3 Å². The lowest BCUT2D eigenvalue weighted by Crippen LogP contribution is -2.27. The zero-order valence-corrected chi connectivity index (χ0v) is 12.9. The van der Waals surface area contributed by atoms with Gasteiger partial charge in [0.2, 0.25) is 5.82 Å². The van der Waals surface area contributed by atoms with Crippen molar-refractivity contribution in [2.24, 2.45) is 0 Å². The third-order valence-electron chi connectivity index (χ3n) is 3.36. The fraction of sp³-hybridized carbons (Fsp3) is 0.333. The van der Waals surface area contributed by atoms with Gasteiger partial charge in [0, 0.05) is 11.4 Å². The molecule has 3 heterocycles. The number of amides is 1. The van der Waals surface area contributed by atoms with E-state index in [1.807, 2.05) is 45.9 Å². The summed E-state index contributed by atoms with van der Waals surface area (Å²) in [5.41, 5.74) is 1.72. The molecule has 22 heavy (non-hydrogen) atoms. The second-order valence-electron chi connectivity index (χ2n) is 5.33. The summed E-state index contributed by atoms with van der Waals surface area (Å²) in [6.07, 6.45) is 0. The van der Waals surface area contributed by atoms with E-state index in [2.05, 4.69) is 20.4 Å². The van der Waals surface area contributed by atoms with Crippen LogP contribution in [0.2, 0.25) is 0 Å². The van der Waals surface area contributed by atoms with Crippen LogP contribution in [0.4, 0.5) is 0 Å². The van der Waals surface area contributed by atoms with Crippen LogP contribution in [-0.4, -0.2) is 25.5 Å². The number of carbonyl (C=O) groups is 1. The molecule has 0 fully saturated rings. The minimum atomic E-state index is -0.357. The summed E-state index contributed by atoms with van der Waals surface area (Å²) in [6.45, 7) is 7.48. The molecule has 0 radical (unpaired) electrons. The third-order valence-corrected chi connectivity index (χ3v) is 3.36. The van der Waals surface area contributed by atoms with E-state index in [0.717, 1.165) is 17.1 Å². The second-order valence-corrected chi connectivity index (χ2v) is 5.33. The van der Waals surface area contributed by atoms with E-state index >= 15 is 0 Å². The Bertz CT molecular complexity index is 849. The Hall–Kier alpha value is -2.70. The van der Waals surface area contributed by atoms with Crippen molar-refractivity contribution in [3.63, 3.8) is 0 Å². The van der Waals surface area contributed by atoms with E-state index in [9.17, 15) is 4.79 Å². The fourth-order valence-electron chi connectivity index (χ4n) is 2.28. The van der Waals surface area contributed by atoms with Gasteiger partial charge in [0.25, 0.3) is 11.7 Å². The molecule has 0 aliphatic heterocycles. The molecule has 1 N–H and O–H groups in total. The Kier molecular flexibility index (Phi) is 3.40. The van der Waals surface area contributed by atoms with Gasteiger partial charge in [0.15, 0.2) is 0 Å². The molecule has 3 rings (SSSR count). The van der Waals surface area contributed by atoms with Crippen molar-refractivity contribution in [1.29, 1.82) is 0 Å². The van der Waals surface area contributed by atoms with Gasteiger partial charge in [-0.2, -0.15) is 4.98 Å². The van der Waals surface area contributed by atoms with Crippen LogP contribution in [0, 0.1) is 20.8 Å². The van der Waals surface area contributed by atoms with Crippen molar-refractivity contribution >= 4 is 11.7 Å². The number of hydrogen-bond acceptors (Lipinski definition) is 5. The van der Waals surface area contributed by atoms with Gasteiger partial charge in [-0.05, 0) is 45.9 Å². The first-order valence-electron chi connectivity index (χ1n) is 7.02. The highest BCUT2D eigenvalue weighted by Crippen LogP contribution is 2.16. The largest absolute Gasteiger partial charge is 0.464 e. The predicted molar refractivity (Wildman–Crippen MR) is 79.6 cm³/mol. The van der Waals surface area contributed by atoms with Crippen LogP contribution in [0.5, 0.6) is 0 Å². The van der Waals surface area contributed by atoms with E-state index in [-0.39, 0.29) is 17.8 Å². The zero-order chi connectivity index (χ0) is 15.9. The average Bonchev–Trinajstić information content (AvgIpc) is 3.04. The highest BCUT2D eigenvalue weighted by atomic mass is 16.3. The van der Waals surface area contributed by atoms with Gasteiger partial charge in [-0.3, -0.25) is 4.79 Å². The van der Waals surface area contributed by atoms with Crippen LogP contribution in [-0.2, 0) is 0 Å². The van der Waals surface area contributed by atoms with Gasteiger partial charge in [-0.25, -0.2) is 9.50 Å². The van der Waals surface area contributed by atoms with Gasteiger partial charge in [-0.1, -0.05) is 0 Å². The van der Waals surface area contributed by atoms with E-state index in [1.54, 1.807) is 4.52 Å². The normalized spacial score (nSPS) is 12.5. The number of nitrogens with zero attached hydrogens (tertiary/aromatic N) is 4. The molecule has 0 aliphatic carbocycles. The summed E-state index contributed by atoms with van der Waals surface area (Å²) in [6, 6.07) is 5.32. The molecule has 1 unspecified atom stereocenters. The van der Waals surface area contributed by atoms with Gasteiger partial charge < -0.3 is 9.73 Å². The molecule has 0 aromatic carbocycles. The number of aryl methyl sites for hydroxylation is 3. The molecule has 7 heteroatoms. The van der Waals surface area contributed by atoms with Crippen molar-refractivity contribution in [2.45, 2.75) is 33.7 Å². The Morgan fingerprint density at radius 2 is 2.05 bits per heavy atom. The van der Waals surface area contributed by atoms with Crippen molar-refractivity contribution in [3.05, 3.63) is 46.9 Å². The highest BCUT2D eigenvalue weighted by Gasteiger charge is 2.19. The molecule has 0 saturated heterocycles. The van der Waals surface area contributed by atoms with Gasteiger partial charge in [0.1, 0.15) is 11.5 Å². The molecule has 0 aliphatic rings. The van der Waals surface area contributed by atoms with Gasteiger partial charge in [-0.15, -0.1) is 5.10 Å². The van der Waals surface area contributed by atoms with Crippen molar-refractivity contribution in [2.75, 3.05) is 0 Å². The lowest BCUT2D eigenvalue weighted by molar-refractivity contribution is 0.0925.